The van der Waals surface area contributed by atoms with Crippen LogP contribution in [0.15, 0.2) is 79.1 Å². The summed E-state index contributed by atoms with van der Waals surface area (Å²) >= 11 is -7.89. The number of halogens is 14. The van der Waals surface area contributed by atoms with E-state index in [0.717, 1.165) is 58.2 Å². The molecule has 0 radical (unpaired) electrons. The number of fused-ring (bicyclic) bond motifs is 4. The van der Waals surface area contributed by atoms with Crippen LogP contribution < -0.4 is 28.3 Å². The van der Waals surface area contributed by atoms with Crippen LogP contribution in [-0.2, 0) is 0 Å². The zero-order valence-electron chi connectivity index (χ0n) is 42.2. The van der Waals surface area contributed by atoms with Crippen LogP contribution in [0.2, 0.25) is 0 Å². The number of hydrogen-bond donors (Lipinski definition) is 4. The average molecular weight is 1760 g/mol. The number of phenolic OH excluding ortho intramolecular Hbond substituents is 2. The van der Waals surface area contributed by atoms with Crippen LogP contribution in [0, 0.1) is 34.9 Å². The second-order valence-corrected chi connectivity index (χ2v) is 62.6. The molecule has 4 fully saturated rings. The number of benzene rings is 6. The van der Waals surface area contributed by atoms with E-state index < -0.39 is 119 Å². The maximum atomic E-state index is 15.6. The molecule has 4 N–H and O–H groups in total. The third-order valence-electron chi connectivity index (χ3n) is 11.9. The number of carbonyl (C=O) groups is 2. The van der Waals surface area contributed by atoms with Crippen molar-refractivity contribution in [1.82, 2.24) is 0 Å². The van der Waals surface area contributed by atoms with Crippen molar-refractivity contribution in [3.63, 3.8) is 0 Å². The quantitative estimate of drug-likeness (QED) is 0.0371. The Morgan fingerprint density at radius 2 is 0.931 bits per heavy atom. The molecule has 10 nitrogen and oxygen atoms in total. The van der Waals surface area contributed by atoms with Gasteiger partial charge < -0.3 is 0 Å². The Labute approximate surface area is 546 Å². The van der Waals surface area contributed by atoms with Gasteiger partial charge in [-0.05, 0) is 0 Å². The van der Waals surface area contributed by atoms with Crippen LogP contribution in [0.3, 0.4) is 0 Å². The fraction of sp³-hybridized carbons (Fsp3) is 0.184. The van der Waals surface area contributed by atoms with Gasteiger partial charge in [-0.3, -0.25) is 0 Å². The fourth-order valence-electron chi connectivity index (χ4n) is 8.82. The zero-order chi connectivity index (χ0) is 63.4. The number of carboxylic acid groups (broad SMARTS) is 2. The molecule has 470 valence electrons. The third-order valence-corrected chi connectivity index (χ3v) is 66.2. The summed E-state index contributed by atoms with van der Waals surface area (Å²) in [6.07, 6.45) is 0. The van der Waals surface area contributed by atoms with Gasteiger partial charge in [0.25, 0.3) is 0 Å². The van der Waals surface area contributed by atoms with E-state index >= 15 is 13.2 Å². The molecule has 2 atom stereocenters. The molecule has 87 heavy (non-hydrogen) atoms. The first-order chi connectivity index (χ1) is 41.6. The van der Waals surface area contributed by atoms with Crippen molar-refractivity contribution in [2.75, 3.05) is 46.0 Å². The van der Waals surface area contributed by atoms with Gasteiger partial charge in [-0.25, -0.2) is 0 Å². The normalized spacial score (nSPS) is 14.9. The monoisotopic (exact) mass is 1760 g/mol. The first-order valence-corrected chi connectivity index (χ1v) is 54.5. The van der Waals surface area contributed by atoms with Gasteiger partial charge >= 0.3 is 517 Å². The van der Waals surface area contributed by atoms with Crippen molar-refractivity contribution in [3.8, 4) is 56.4 Å². The predicted octanol–water partition coefficient (Wildman–Crippen LogP) is 11.6. The number of aromatic carboxylic acids is 2. The fourth-order valence-corrected chi connectivity index (χ4v) is 67.9. The molecule has 0 aromatic heterocycles. The van der Waals surface area contributed by atoms with E-state index in [0.29, 0.717) is 23.0 Å². The van der Waals surface area contributed by atoms with E-state index in [4.69, 9.17) is 36.3 Å². The molecule has 0 spiro atoms. The molecule has 0 bridgehead atoms. The van der Waals surface area contributed by atoms with E-state index in [1.807, 2.05) is 0 Å². The van der Waals surface area contributed by atoms with Gasteiger partial charge in [0, 0.05) is 27.4 Å². The SMILES string of the molecule is C.FF.FF.FF.F[AsH2].F[AsH2].O=C(O)c1c(F)c(F)c(F)c(F)c1-c1c2ccc(=O)c([As]3SCCS3)c-2oc2c([As]3SCCS3)c(O)ccc12.O=C(O)c1ccccc1-c1c2cc(F)c(=O)c([As]3SCCS3)c-2oc2c([As]3SCCS3)c(O)c(F)cc12. The Kier molecular flexibility index (Phi) is 30.7. The van der Waals surface area contributed by atoms with Crippen LogP contribution in [0.1, 0.15) is 28.1 Å². The summed E-state index contributed by atoms with van der Waals surface area (Å²) in [6.45, 7) is 0. The van der Waals surface area contributed by atoms with Gasteiger partial charge in [0.2, 0.25) is 0 Å². The van der Waals surface area contributed by atoms with Crippen LogP contribution in [-0.4, -0.2) is 162 Å². The predicted molar refractivity (Wildman–Crippen MR) is 340 cm³/mol. The molecule has 0 amide bonds. The summed E-state index contributed by atoms with van der Waals surface area (Å²) in [5.74, 6) is -6.74. The molecule has 8 aliphatic rings. The zero-order valence-corrected chi connectivity index (χ0v) is 61.1. The molecule has 2 aliphatic carbocycles. The molecular weight excluding hydrogens is 1720 g/mol. The van der Waals surface area contributed by atoms with Gasteiger partial charge in [0.05, 0.1) is 0 Å². The first kappa shape index (κ1) is 75.7. The Hall–Kier alpha value is -2.03. The Morgan fingerprint density at radius 3 is 1.45 bits per heavy atom. The molecule has 4 aromatic carbocycles. The molecule has 12 rings (SSSR count). The van der Waals surface area contributed by atoms with E-state index in [-0.39, 0.29) is 115 Å². The van der Waals surface area contributed by atoms with Crippen molar-refractivity contribution < 1.29 is 99.6 Å². The second-order valence-electron chi connectivity index (χ2n) is 16.3. The van der Waals surface area contributed by atoms with E-state index in [9.17, 15) is 59.7 Å². The second kappa shape index (κ2) is 35.3. The van der Waals surface area contributed by atoms with Crippen LogP contribution >= 0.6 is 80.2 Å². The Bertz CT molecular complexity index is 3830. The number of carboxylic acids is 2. The number of aromatic hydroxyl groups is 2. The van der Waals surface area contributed by atoms with Gasteiger partial charge in [-0.2, -0.15) is 0 Å². The van der Waals surface area contributed by atoms with E-state index in [1.165, 1.54) is 30.3 Å². The molecule has 4 aromatic rings. The minimum atomic E-state index is -2.23. The summed E-state index contributed by atoms with van der Waals surface area (Å²) in [6, 6.07) is 13.8. The molecule has 4 saturated heterocycles. The number of phenols is 2. The molecule has 0 saturated carbocycles. The van der Waals surface area contributed by atoms with Crippen molar-refractivity contribution in [1.29, 1.82) is 0 Å². The summed E-state index contributed by atoms with van der Waals surface area (Å²) in [5, 5.41) is 41.9. The molecular formula is C49H38As6F14O10S8. The van der Waals surface area contributed by atoms with Crippen LogP contribution in [0.5, 0.6) is 11.5 Å². The van der Waals surface area contributed by atoms with Crippen molar-refractivity contribution >= 4 is 215 Å². The summed E-state index contributed by atoms with van der Waals surface area (Å²) in [5.41, 5.74) is -2.39. The number of rotatable bonds is 8. The number of hydrogen-bond acceptors (Lipinski definition) is 16. The molecule has 6 aliphatic heterocycles. The van der Waals surface area contributed by atoms with E-state index in [1.54, 1.807) is 98.4 Å². The topological polar surface area (TPSA) is 175 Å². The Morgan fingerprint density at radius 1 is 0.471 bits per heavy atom. The van der Waals surface area contributed by atoms with Crippen molar-refractivity contribution in [2.24, 2.45) is 0 Å². The molecule has 38 heteroatoms. The average Bonchev–Trinajstić information content (AvgIpc) is 1.10. The van der Waals surface area contributed by atoms with Gasteiger partial charge in [-0.1, -0.05) is 7.43 Å². The van der Waals surface area contributed by atoms with Crippen LogP contribution in [0.4, 0.5) is 60.7 Å². The van der Waals surface area contributed by atoms with Crippen molar-refractivity contribution in [3.05, 3.63) is 127 Å². The molecule has 6 heterocycles. The van der Waals surface area contributed by atoms with E-state index in [2.05, 4.69) is 0 Å². The third kappa shape index (κ3) is 15.5. The summed E-state index contributed by atoms with van der Waals surface area (Å²) in [4.78, 5) is 50.7. The van der Waals surface area contributed by atoms with Crippen molar-refractivity contribution in [2.45, 2.75) is 7.43 Å². The van der Waals surface area contributed by atoms with Gasteiger partial charge in [0.15, 0.2) is 0 Å². The van der Waals surface area contributed by atoms with Crippen LogP contribution in [0.25, 0.3) is 66.8 Å². The molecule has 2 unspecified atom stereocenters. The maximum absolute atomic E-state index is 15.6. The first-order valence-electron chi connectivity index (χ1n) is 23.0. The summed E-state index contributed by atoms with van der Waals surface area (Å²) in [7, 11) is 13.3. The summed E-state index contributed by atoms with van der Waals surface area (Å²) < 4.78 is 171. The minimum absolute atomic E-state index is 0. The Balaban J connectivity index is 0.000000275. The van der Waals surface area contributed by atoms with Gasteiger partial charge in [-0.15, -0.1) is 0 Å². The standard InChI is InChI=1S/C24H14As2F4O5S4.C24H16As2F2O5S4.CH4.2AsFH2.3F2/c27-18-14(15(24(33)34)19(28)21(30)20(18)29)13-9-1-3-11(31)16(25-36-5-6-37-25)22(9)35-23-10(13)2-4-12(32)17(23)26-38-7-8-39-26;27-15-9-13-17(11-3-1-2-4-12(11)24(31)32)14-10-16(28)21(30)19(26-36-7-8-37-26)23(14)33-22(13)18(20(15)29)25-34-5-6-35-25;;5*1-2/h1-4,31H,5-8H2,(H,33,34);1-4,9-10,29H,5-8H2,(H,31,32);1H4;2*1H2;;;. The van der Waals surface area contributed by atoms with Gasteiger partial charge in [0.1, 0.15) is 0 Å².